The van der Waals surface area contributed by atoms with Gasteiger partial charge in [0.2, 0.25) is 5.88 Å². The van der Waals surface area contributed by atoms with Gasteiger partial charge in [0.25, 0.3) is 11.6 Å². The average molecular weight is 356 g/mol. The van der Waals surface area contributed by atoms with Crippen molar-refractivity contribution in [3.05, 3.63) is 51.8 Å². The zero-order chi connectivity index (χ0) is 18.7. The molecule has 3 atom stereocenters. The molecule has 3 rings (SSSR count). The third-order valence-corrected chi connectivity index (χ3v) is 4.86. The van der Waals surface area contributed by atoms with Gasteiger partial charge in [-0.2, -0.15) is 4.98 Å². The monoisotopic (exact) mass is 356 g/mol. The summed E-state index contributed by atoms with van der Waals surface area (Å²) in [6.45, 7) is 5.79. The number of H-pyrrole nitrogens is 1. The standard InChI is InChI=1S/C20H24N2O4/c1-4-9-15(13-10-7-6-8-11-13)25-20-21-17(23)16-14(5-2)12(3)19(24)26-18(16)22-20/h6-8,10-12,14-15H,4-5,9H2,1-3H3,(H,21,22,23)/t12?,14?,15-/m1/s1. The lowest BCUT2D eigenvalue weighted by Gasteiger charge is -2.27. The van der Waals surface area contributed by atoms with E-state index in [2.05, 4.69) is 16.9 Å². The highest BCUT2D eigenvalue weighted by Crippen LogP contribution is 2.37. The Kier molecular flexibility index (Phi) is 5.40. The van der Waals surface area contributed by atoms with Crippen LogP contribution in [0.25, 0.3) is 0 Å². The number of benzene rings is 1. The molecule has 138 valence electrons. The number of nitrogens with one attached hydrogen (secondary N) is 1. The van der Waals surface area contributed by atoms with Gasteiger partial charge >= 0.3 is 5.97 Å². The number of ether oxygens (including phenoxy) is 2. The number of aromatic amines is 1. The van der Waals surface area contributed by atoms with Gasteiger partial charge in [-0.3, -0.25) is 14.6 Å². The Morgan fingerprint density at radius 3 is 2.62 bits per heavy atom. The summed E-state index contributed by atoms with van der Waals surface area (Å²) in [5, 5.41) is 0. The van der Waals surface area contributed by atoms with Gasteiger partial charge in [-0.15, -0.1) is 0 Å². The fraction of sp³-hybridized carbons (Fsp3) is 0.450. The summed E-state index contributed by atoms with van der Waals surface area (Å²) in [7, 11) is 0. The van der Waals surface area contributed by atoms with Gasteiger partial charge in [-0.05, 0) is 18.4 Å². The van der Waals surface area contributed by atoms with Crippen LogP contribution in [-0.2, 0) is 4.79 Å². The summed E-state index contributed by atoms with van der Waals surface area (Å²) in [6.07, 6.45) is 2.12. The highest BCUT2D eigenvalue weighted by Gasteiger charge is 2.37. The van der Waals surface area contributed by atoms with E-state index in [1.54, 1.807) is 6.92 Å². The van der Waals surface area contributed by atoms with Crippen LogP contribution in [0, 0.1) is 5.92 Å². The van der Waals surface area contributed by atoms with Gasteiger partial charge in [-0.1, -0.05) is 57.5 Å². The Morgan fingerprint density at radius 1 is 1.23 bits per heavy atom. The first-order valence-corrected chi connectivity index (χ1v) is 9.12. The van der Waals surface area contributed by atoms with Crippen molar-refractivity contribution in [2.45, 2.75) is 52.1 Å². The van der Waals surface area contributed by atoms with Crippen LogP contribution in [0.2, 0.25) is 0 Å². The summed E-state index contributed by atoms with van der Waals surface area (Å²) in [4.78, 5) is 31.7. The number of rotatable bonds is 6. The molecule has 1 aromatic heterocycles. The molecule has 0 bridgehead atoms. The second-order valence-electron chi connectivity index (χ2n) is 6.62. The average Bonchev–Trinajstić information content (AvgIpc) is 2.63. The van der Waals surface area contributed by atoms with Gasteiger partial charge < -0.3 is 9.47 Å². The molecule has 6 nitrogen and oxygen atoms in total. The molecule has 1 aliphatic heterocycles. The largest absolute Gasteiger partial charge is 0.456 e. The minimum Gasteiger partial charge on any atom is -0.456 e. The first-order chi connectivity index (χ1) is 12.5. The molecular weight excluding hydrogens is 332 g/mol. The molecule has 26 heavy (non-hydrogen) atoms. The first kappa shape index (κ1) is 18.2. The molecule has 1 aliphatic rings. The fourth-order valence-electron chi connectivity index (χ4n) is 3.42. The molecule has 0 saturated carbocycles. The molecule has 0 radical (unpaired) electrons. The predicted octanol–water partition coefficient (Wildman–Crippen LogP) is 3.74. The number of nitrogens with zero attached hydrogens (tertiary/aromatic N) is 1. The number of aromatic nitrogens is 2. The van der Waals surface area contributed by atoms with Crippen LogP contribution < -0.4 is 15.0 Å². The van der Waals surface area contributed by atoms with E-state index in [9.17, 15) is 9.59 Å². The summed E-state index contributed by atoms with van der Waals surface area (Å²) < 4.78 is 11.3. The van der Waals surface area contributed by atoms with Gasteiger partial charge in [0.1, 0.15) is 6.10 Å². The minimum absolute atomic E-state index is 0.0713. The number of hydrogen-bond donors (Lipinski definition) is 1. The van der Waals surface area contributed by atoms with Crippen molar-refractivity contribution in [3.8, 4) is 11.9 Å². The summed E-state index contributed by atoms with van der Waals surface area (Å²) in [5.74, 6) is -0.847. The van der Waals surface area contributed by atoms with Crippen LogP contribution in [-0.4, -0.2) is 15.9 Å². The molecule has 6 heteroatoms. The lowest BCUT2D eigenvalue weighted by Crippen LogP contribution is -2.35. The normalized spacial score (nSPS) is 20.2. The Balaban J connectivity index is 1.95. The van der Waals surface area contributed by atoms with Crippen LogP contribution in [0.15, 0.2) is 35.1 Å². The van der Waals surface area contributed by atoms with Crippen LogP contribution in [0.3, 0.4) is 0 Å². The molecule has 1 N–H and O–H groups in total. The molecule has 2 unspecified atom stereocenters. The zero-order valence-electron chi connectivity index (χ0n) is 15.3. The summed E-state index contributed by atoms with van der Waals surface area (Å²) in [5.41, 5.74) is 1.13. The Bertz CT molecular complexity index is 831. The van der Waals surface area contributed by atoms with Crippen molar-refractivity contribution < 1.29 is 14.3 Å². The highest BCUT2D eigenvalue weighted by atomic mass is 16.6. The number of hydrogen-bond acceptors (Lipinski definition) is 5. The van der Waals surface area contributed by atoms with E-state index >= 15 is 0 Å². The smallest absolute Gasteiger partial charge is 0.316 e. The van der Waals surface area contributed by atoms with E-state index in [0.717, 1.165) is 18.4 Å². The van der Waals surface area contributed by atoms with Gasteiger partial charge in [0.05, 0.1) is 11.5 Å². The van der Waals surface area contributed by atoms with Gasteiger partial charge in [0, 0.05) is 5.92 Å². The molecule has 0 spiro atoms. The second kappa shape index (κ2) is 7.72. The van der Waals surface area contributed by atoms with E-state index < -0.39 is 0 Å². The highest BCUT2D eigenvalue weighted by molar-refractivity contribution is 5.78. The number of carbonyl (C=O) groups is 1. The fourth-order valence-corrected chi connectivity index (χ4v) is 3.42. The van der Waals surface area contributed by atoms with Crippen LogP contribution in [0.5, 0.6) is 11.9 Å². The van der Waals surface area contributed by atoms with E-state index in [0.29, 0.717) is 12.0 Å². The molecule has 2 heterocycles. The van der Waals surface area contributed by atoms with Crippen molar-refractivity contribution >= 4 is 5.97 Å². The summed E-state index contributed by atoms with van der Waals surface area (Å²) >= 11 is 0. The van der Waals surface area contributed by atoms with Gasteiger partial charge in [0.15, 0.2) is 0 Å². The van der Waals surface area contributed by atoms with Gasteiger partial charge in [-0.25, -0.2) is 0 Å². The molecule has 2 aromatic rings. The van der Waals surface area contributed by atoms with Crippen LogP contribution in [0.1, 0.15) is 63.2 Å². The molecule has 0 aliphatic carbocycles. The first-order valence-electron chi connectivity index (χ1n) is 9.12. The van der Waals surface area contributed by atoms with Crippen LogP contribution in [0.4, 0.5) is 0 Å². The number of carbonyl (C=O) groups excluding carboxylic acids is 1. The van der Waals surface area contributed by atoms with Crippen molar-refractivity contribution in [2.24, 2.45) is 5.92 Å². The Labute approximate surface area is 152 Å². The van der Waals surface area contributed by atoms with Crippen molar-refractivity contribution in [1.82, 2.24) is 9.97 Å². The van der Waals surface area contributed by atoms with E-state index in [4.69, 9.17) is 9.47 Å². The second-order valence-corrected chi connectivity index (χ2v) is 6.62. The van der Waals surface area contributed by atoms with Crippen molar-refractivity contribution in [2.75, 3.05) is 0 Å². The number of fused-ring (bicyclic) bond motifs is 1. The maximum Gasteiger partial charge on any atom is 0.316 e. The van der Waals surface area contributed by atoms with E-state index in [1.807, 2.05) is 37.3 Å². The molecular formula is C20H24N2O4. The van der Waals surface area contributed by atoms with Crippen molar-refractivity contribution in [1.29, 1.82) is 0 Å². The SMILES string of the molecule is CCC[C@@H](Oc1nc2c(c(=O)[nH]1)C(CC)C(C)C(=O)O2)c1ccccc1. The predicted molar refractivity (Wildman–Crippen MR) is 97.4 cm³/mol. The third kappa shape index (κ3) is 3.49. The molecule has 1 aromatic carbocycles. The zero-order valence-corrected chi connectivity index (χ0v) is 15.3. The van der Waals surface area contributed by atoms with E-state index in [1.165, 1.54) is 0 Å². The number of esters is 1. The molecule has 0 saturated heterocycles. The lowest BCUT2D eigenvalue weighted by atomic mass is 9.84. The molecule has 0 amide bonds. The summed E-state index contributed by atoms with van der Waals surface area (Å²) in [6, 6.07) is 9.86. The maximum absolute atomic E-state index is 12.6. The topological polar surface area (TPSA) is 81.3 Å². The quantitative estimate of drug-likeness (QED) is 0.798. The minimum atomic E-state index is -0.362. The van der Waals surface area contributed by atoms with E-state index in [-0.39, 0.29) is 41.4 Å². The maximum atomic E-state index is 12.6. The Morgan fingerprint density at radius 2 is 1.96 bits per heavy atom. The Hall–Kier alpha value is -2.63. The lowest BCUT2D eigenvalue weighted by molar-refractivity contribution is -0.141. The van der Waals surface area contributed by atoms with Crippen LogP contribution >= 0.6 is 0 Å². The molecule has 0 fully saturated rings. The third-order valence-electron chi connectivity index (χ3n) is 4.86. The van der Waals surface area contributed by atoms with Crippen molar-refractivity contribution in [3.63, 3.8) is 0 Å².